The Bertz CT molecular complexity index is 903. The molecule has 0 spiro atoms. The van der Waals surface area contributed by atoms with E-state index in [4.69, 9.17) is 15.3 Å². The van der Waals surface area contributed by atoms with Crippen molar-refractivity contribution in [3.63, 3.8) is 0 Å². The Hall–Kier alpha value is -3.86. The van der Waals surface area contributed by atoms with Crippen LogP contribution in [0.1, 0.15) is 45.2 Å². The van der Waals surface area contributed by atoms with Crippen LogP contribution in [0.4, 0.5) is 0 Å². The van der Waals surface area contributed by atoms with Crippen LogP contribution < -0.4 is 0 Å². The van der Waals surface area contributed by atoms with Gasteiger partial charge in [0.2, 0.25) is 0 Å². The molecule has 0 fully saturated rings. The van der Waals surface area contributed by atoms with E-state index in [-0.39, 0.29) is 42.3 Å². The third kappa shape index (κ3) is 6.34. The molecule has 0 aromatic carbocycles. The van der Waals surface area contributed by atoms with Crippen LogP contribution in [-0.4, -0.2) is 65.2 Å². The number of carbonyl (C=O) groups is 4. The molecule has 30 heavy (non-hydrogen) atoms. The van der Waals surface area contributed by atoms with Crippen molar-refractivity contribution in [2.75, 3.05) is 0 Å². The van der Waals surface area contributed by atoms with Gasteiger partial charge >= 0.3 is 23.9 Å². The lowest BCUT2D eigenvalue weighted by atomic mass is 10.1. The van der Waals surface area contributed by atoms with Gasteiger partial charge in [0.1, 0.15) is 17.4 Å². The van der Waals surface area contributed by atoms with Crippen LogP contribution in [0.2, 0.25) is 0 Å². The Morgan fingerprint density at radius 2 is 1.27 bits per heavy atom. The van der Waals surface area contributed by atoms with Crippen LogP contribution in [0.3, 0.4) is 0 Å². The minimum atomic E-state index is -1.28. The highest BCUT2D eigenvalue weighted by Gasteiger charge is 2.27. The lowest BCUT2D eigenvalue weighted by molar-refractivity contribution is -0.145. The van der Waals surface area contributed by atoms with Crippen molar-refractivity contribution in [3.05, 3.63) is 59.2 Å². The molecule has 11 heteroatoms. The van der Waals surface area contributed by atoms with Gasteiger partial charge in [-0.25, -0.2) is 19.6 Å². The summed E-state index contributed by atoms with van der Waals surface area (Å²) in [5.41, 5.74) is 0.0587. The number of hydrogen-bond donors (Lipinski definition) is 4. The Morgan fingerprint density at radius 3 is 1.63 bits per heavy atom. The SMILES string of the molecule is O=C(O)CCC(C(=O)O)N(Cc1cccc(C(=O)O)n1)Cc1cccc(C(=O)O)n1. The molecule has 2 rings (SSSR count). The molecule has 2 aromatic heterocycles. The summed E-state index contributed by atoms with van der Waals surface area (Å²) in [6.45, 7) is -0.229. The molecule has 11 nitrogen and oxygen atoms in total. The summed E-state index contributed by atoms with van der Waals surface area (Å²) >= 11 is 0. The summed E-state index contributed by atoms with van der Waals surface area (Å²) in [4.78, 5) is 54.4. The third-order valence-corrected chi connectivity index (χ3v) is 4.14. The quantitative estimate of drug-likeness (QED) is 0.413. The number of rotatable bonds is 11. The maximum Gasteiger partial charge on any atom is 0.354 e. The molecule has 0 amide bonds. The molecule has 2 aromatic rings. The van der Waals surface area contributed by atoms with Crippen molar-refractivity contribution in [2.24, 2.45) is 0 Å². The molecule has 0 aliphatic rings. The first-order valence-corrected chi connectivity index (χ1v) is 8.74. The molecule has 0 saturated heterocycles. The Balaban J connectivity index is 2.37. The minimum Gasteiger partial charge on any atom is -0.481 e. The van der Waals surface area contributed by atoms with Gasteiger partial charge in [0.05, 0.1) is 11.4 Å². The maximum absolute atomic E-state index is 11.8. The van der Waals surface area contributed by atoms with Gasteiger partial charge in [0.15, 0.2) is 0 Å². The predicted molar refractivity (Wildman–Crippen MR) is 99.9 cm³/mol. The molecule has 1 unspecified atom stereocenters. The van der Waals surface area contributed by atoms with Crippen LogP contribution in [-0.2, 0) is 22.7 Å². The van der Waals surface area contributed by atoms with E-state index >= 15 is 0 Å². The molecule has 0 bridgehead atoms. The monoisotopic (exact) mass is 417 g/mol. The summed E-state index contributed by atoms with van der Waals surface area (Å²) in [6, 6.07) is 7.26. The molecular weight excluding hydrogens is 398 g/mol. The molecule has 158 valence electrons. The van der Waals surface area contributed by atoms with Crippen LogP contribution in [0, 0.1) is 0 Å². The van der Waals surface area contributed by atoms with E-state index in [0.29, 0.717) is 0 Å². The van der Waals surface area contributed by atoms with Gasteiger partial charge in [-0.05, 0) is 30.7 Å². The number of hydrogen-bond acceptors (Lipinski definition) is 7. The van der Waals surface area contributed by atoms with Gasteiger partial charge in [-0.3, -0.25) is 14.5 Å². The van der Waals surface area contributed by atoms with E-state index in [0.717, 1.165) is 0 Å². The highest BCUT2D eigenvalue weighted by atomic mass is 16.4. The topological polar surface area (TPSA) is 178 Å². The standard InChI is InChI=1S/C19H19N3O8/c23-16(24)8-7-15(19(29)30)22(9-11-3-1-5-13(20-11)17(25)26)10-12-4-2-6-14(21-12)18(27)28/h1-6,15H,7-10H2,(H,23,24)(H,25,26)(H,27,28)(H,29,30). The van der Waals surface area contributed by atoms with Crippen LogP contribution in [0.5, 0.6) is 0 Å². The summed E-state index contributed by atoms with van der Waals surface area (Å²) in [5, 5.41) is 36.8. The first-order chi connectivity index (χ1) is 14.2. The minimum absolute atomic E-state index is 0.114. The van der Waals surface area contributed by atoms with E-state index in [9.17, 15) is 24.3 Å². The Labute approximate surface area is 170 Å². The van der Waals surface area contributed by atoms with Gasteiger partial charge in [-0.1, -0.05) is 12.1 Å². The zero-order chi connectivity index (χ0) is 22.3. The number of aliphatic carboxylic acids is 2. The van der Waals surface area contributed by atoms with E-state index in [1.807, 2.05) is 0 Å². The first kappa shape index (κ1) is 22.4. The average molecular weight is 417 g/mol. The largest absolute Gasteiger partial charge is 0.481 e. The second kappa shape index (κ2) is 10.1. The van der Waals surface area contributed by atoms with E-state index in [1.54, 1.807) is 0 Å². The first-order valence-electron chi connectivity index (χ1n) is 8.74. The number of nitrogens with zero attached hydrogens (tertiary/aromatic N) is 3. The predicted octanol–water partition coefficient (Wildman–Crippen LogP) is 1.19. The van der Waals surface area contributed by atoms with Gasteiger partial charge in [-0.15, -0.1) is 0 Å². The molecule has 0 radical (unpaired) electrons. The highest BCUT2D eigenvalue weighted by molar-refractivity contribution is 5.85. The zero-order valence-electron chi connectivity index (χ0n) is 15.6. The van der Waals surface area contributed by atoms with Gasteiger partial charge in [-0.2, -0.15) is 0 Å². The molecular formula is C19H19N3O8. The van der Waals surface area contributed by atoms with Gasteiger partial charge in [0.25, 0.3) is 0 Å². The zero-order valence-corrected chi connectivity index (χ0v) is 15.6. The van der Waals surface area contributed by atoms with Crippen molar-refractivity contribution >= 4 is 23.9 Å². The number of aromatic carboxylic acids is 2. The number of carboxylic acids is 4. The number of aromatic nitrogens is 2. The lowest BCUT2D eigenvalue weighted by Gasteiger charge is -2.28. The number of pyridine rings is 2. The molecule has 0 aliphatic carbocycles. The number of carboxylic acid groups (broad SMARTS) is 4. The second-order valence-corrected chi connectivity index (χ2v) is 6.33. The second-order valence-electron chi connectivity index (χ2n) is 6.33. The van der Waals surface area contributed by atoms with Crippen LogP contribution in [0.25, 0.3) is 0 Å². The van der Waals surface area contributed by atoms with Crippen LogP contribution in [0.15, 0.2) is 36.4 Å². The van der Waals surface area contributed by atoms with Gasteiger partial charge in [0, 0.05) is 19.5 Å². The average Bonchev–Trinajstić information content (AvgIpc) is 2.68. The van der Waals surface area contributed by atoms with Crippen LogP contribution >= 0.6 is 0 Å². The summed E-state index contributed by atoms with van der Waals surface area (Å²) in [7, 11) is 0. The fourth-order valence-corrected chi connectivity index (χ4v) is 2.79. The van der Waals surface area contributed by atoms with Crippen molar-refractivity contribution < 1.29 is 39.6 Å². The van der Waals surface area contributed by atoms with Crippen molar-refractivity contribution in [3.8, 4) is 0 Å². The highest BCUT2D eigenvalue weighted by Crippen LogP contribution is 2.16. The normalized spacial score (nSPS) is 11.8. The molecule has 0 saturated carbocycles. The van der Waals surface area contributed by atoms with E-state index in [1.165, 1.54) is 41.3 Å². The summed E-state index contributed by atoms with van der Waals surface area (Å²) in [6.07, 6.45) is -0.624. The summed E-state index contributed by atoms with van der Waals surface area (Å²) < 4.78 is 0. The fraction of sp³-hybridized carbons (Fsp3) is 0.263. The van der Waals surface area contributed by atoms with E-state index < -0.39 is 36.3 Å². The van der Waals surface area contributed by atoms with E-state index in [2.05, 4.69) is 9.97 Å². The van der Waals surface area contributed by atoms with Crippen molar-refractivity contribution in [1.82, 2.24) is 14.9 Å². The van der Waals surface area contributed by atoms with Crippen molar-refractivity contribution in [1.29, 1.82) is 0 Å². The van der Waals surface area contributed by atoms with Gasteiger partial charge < -0.3 is 20.4 Å². The van der Waals surface area contributed by atoms with Crippen molar-refractivity contribution in [2.45, 2.75) is 32.0 Å². The molecule has 0 aliphatic heterocycles. The molecule has 1 atom stereocenters. The fourth-order valence-electron chi connectivity index (χ4n) is 2.79. The molecule has 4 N–H and O–H groups in total. The molecule has 2 heterocycles. The third-order valence-electron chi connectivity index (χ3n) is 4.14. The maximum atomic E-state index is 11.8. The smallest absolute Gasteiger partial charge is 0.354 e. The Morgan fingerprint density at radius 1 is 0.800 bits per heavy atom. The lowest BCUT2D eigenvalue weighted by Crippen LogP contribution is -2.41. The Kier molecular flexibility index (Phi) is 7.53. The summed E-state index contributed by atoms with van der Waals surface area (Å²) in [5.74, 6) is -4.95.